The van der Waals surface area contributed by atoms with Crippen molar-refractivity contribution >= 4 is 45.6 Å². The van der Waals surface area contributed by atoms with Crippen molar-refractivity contribution in [1.82, 2.24) is 4.57 Å². The number of para-hydroxylation sites is 2. The predicted molar refractivity (Wildman–Crippen MR) is 206 cm³/mol. The van der Waals surface area contributed by atoms with Crippen molar-refractivity contribution in [1.29, 1.82) is 0 Å². The molecule has 0 aliphatic heterocycles. The summed E-state index contributed by atoms with van der Waals surface area (Å²) in [5, 5.41) is 2.57. The first-order chi connectivity index (χ1) is 23.1. The highest BCUT2D eigenvalue weighted by atomic mass is 32.1. The summed E-state index contributed by atoms with van der Waals surface area (Å²) in [4.78, 5) is 0.995. The van der Waals surface area contributed by atoms with Crippen LogP contribution in [0.15, 0.2) is 163 Å². The van der Waals surface area contributed by atoms with E-state index in [4.69, 9.17) is 12.6 Å². The molecule has 1 aromatic heterocycles. The van der Waals surface area contributed by atoms with Gasteiger partial charge in [0.25, 0.3) is 0 Å². The summed E-state index contributed by atoms with van der Waals surface area (Å²) in [5.74, 6) is 0. The van der Waals surface area contributed by atoms with Crippen LogP contribution in [0.2, 0.25) is 0 Å². The molecule has 0 aliphatic rings. The Morgan fingerprint density at radius 1 is 0.596 bits per heavy atom. The van der Waals surface area contributed by atoms with Gasteiger partial charge in [0.15, 0.2) is 0 Å². The lowest BCUT2D eigenvalue weighted by Gasteiger charge is -2.13. The van der Waals surface area contributed by atoms with Gasteiger partial charge in [-0.15, -0.1) is 12.6 Å². The molecule has 7 aromatic rings. The first-order valence-corrected chi connectivity index (χ1v) is 17.1. The molecule has 0 spiro atoms. The van der Waals surface area contributed by atoms with Gasteiger partial charge in [0.1, 0.15) is 0 Å². The molecule has 0 N–H and O–H groups in total. The lowest BCUT2D eigenvalue weighted by molar-refractivity contribution is 0.973. The average molecular weight is 626 g/mol. The molecule has 0 fully saturated rings. The fourth-order valence-corrected chi connectivity index (χ4v) is 7.03. The van der Waals surface area contributed by atoms with Crippen LogP contribution in [-0.2, 0) is 0 Å². The average Bonchev–Trinajstić information content (AvgIpc) is 3.46. The van der Waals surface area contributed by atoms with Crippen LogP contribution in [0.5, 0.6) is 0 Å². The Balaban J connectivity index is 1.17. The molecule has 2 heteroatoms. The van der Waals surface area contributed by atoms with Crippen molar-refractivity contribution in [3.05, 3.63) is 169 Å². The van der Waals surface area contributed by atoms with E-state index in [0.717, 1.165) is 29.7 Å². The molecule has 0 amide bonds. The third-order valence-electron chi connectivity index (χ3n) is 8.98. The molecule has 0 radical (unpaired) electrons. The minimum absolute atomic E-state index is 0.969. The van der Waals surface area contributed by atoms with E-state index in [9.17, 15) is 0 Å². The van der Waals surface area contributed by atoms with Crippen molar-refractivity contribution < 1.29 is 0 Å². The van der Waals surface area contributed by atoms with E-state index in [1.165, 1.54) is 66.5 Å². The summed E-state index contributed by atoms with van der Waals surface area (Å²) < 4.78 is 2.37. The standard InChI is InChI=1S/C45H39NS/c1-3-12-36(30-37(13-4-2)38-26-29-40(45(47)31-38)35-14-6-5-7-15-35)34-22-20-32(21-23-34)33-24-27-39(28-25-33)46-43-18-10-8-16-41(43)42-17-9-11-19-44(42)46/h5-11,13-31,47H,3-4,12H2,1-2H3/b36-30+,37-13-. The number of rotatable bonds is 9. The molecule has 0 saturated carbocycles. The molecule has 230 valence electrons. The second kappa shape index (κ2) is 13.7. The Hall–Kier alpha value is -5.05. The Labute approximate surface area is 284 Å². The summed E-state index contributed by atoms with van der Waals surface area (Å²) in [5.41, 5.74) is 13.5. The predicted octanol–water partition coefficient (Wildman–Crippen LogP) is 13.1. The number of aromatic nitrogens is 1. The zero-order chi connectivity index (χ0) is 32.2. The molecule has 6 aromatic carbocycles. The van der Waals surface area contributed by atoms with Gasteiger partial charge in [-0.05, 0) is 87.7 Å². The highest BCUT2D eigenvalue weighted by Gasteiger charge is 2.12. The van der Waals surface area contributed by atoms with E-state index >= 15 is 0 Å². The maximum Gasteiger partial charge on any atom is 0.0541 e. The van der Waals surface area contributed by atoms with Gasteiger partial charge in [-0.25, -0.2) is 0 Å². The van der Waals surface area contributed by atoms with Crippen LogP contribution >= 0.6 is 12.6 Å². The summed E-state index contributed by atoms with van der Waals surface area (Å²) in [6.07, 6.45) is 7.78. The molecule has 0 aliphatic carbocycles. The monoisotopic (exact) mass is 625 g/mol. The summed E-state index contributed by atoms with van der Waals surface area (Å²) >= 11 is 4.90. The van der Waals surface area contributed by atoms with Crippen molar-refractivity contribution in [2.75, 3.05) is 0 Å². The van der Waals surface area contributed by atoms with Crippen LogP contribution in [0.3, 0.4) is 0 Å². The van der Waals surface area contributed by atoms with Gasteiger partial charge >= 0.3 is 0 Å². The van der Waals surface area contributed by atoms with Gasteiger partial charge in [-0.1, -0.05) is 148 Å². The van der Waals surface area contributed by atoms with Crippen LogP contribution < -0.4 is 0 Å². The minimum atomic E-state index is 0.969. The molecule has 0 saturated heterocycles. The van der Waals surface area contributed by atoms with E-state index in [-0.39, 0.29) is 0 Å². The fourth-order valence-electron chi connectivity index (χ4n) is 6.69. The number of thiol groups is 1. The van der Waals surface area contributed by atoms with E-state index in [2.05, 4.69) is 176 Å². The highest BCUT2D eigenvalue weighted by Crippen LogP contribution is 2.35. The quantitative estimate of drug-likeness (QED) is 0.120. The summed E-state index contributed by atoms with van der Waals surface area (Å²) in [6, 6.07) is 52.5. The number of fused-ring (bicyclic) bond motifs is 3. The number of benzene rings is 6. The lowest BCUT2D eigenvalue weighted by Crippen LogP contribution is -1.93. The largest absolute Gasteiger partial charge is 0.309 e. The van der Waals surface area contributed by atoms with Crippen molar-refractivity contribution in [3.63, 3.8) is 0 Å². The van der Waals surface area contributed by atoms with Crippen LogP contribution in [0.25, 0.3) is 60.9 Å². The summed E-state index contributed by atoms with van der Waals surface area (Å²) in [7, 11) is 0. The zero-order valence-corrected chi connectivity index (χ0v) is 27.9. The third kappa shape index (κ3) is 6.22. The number of nitrogens with zero attached hydrogens (tertiary/aromatic N) is 1. The van der Waals surface area contributed by atoms with Gasteiger partial charge in [0.05, 0.1) is 11.0 Å². The fraction of sp³-hybridized carbons (Fsp3) is 0.111. The number of hydrogen-bond donors (Lipinski definition) is 1. The molecule has 1 nitrogen and oxygen atoms in total. The molecule has 0 bridgehead atoms. The van der Waals surface area contributed by atoms with Gasteiger partial charge in [0, 0.05) is 21.4 Å². The maximum atomic E-state index is 4.90. The highest BCUT2D eigenvalue weighted by molar-refractivity contribution is 7.80. The van der Waals surface area contributed by atoms with Crippen molar-refractivity contribution in [3.8, 4) is 27.9 Å². The molecular formula is C45H39NS. The summed E-state index contributed by atoms with van der Waals surface area (Å²) in [6.45, 7) is 4.46. The van der Waals surface area contributed by atoms with Crippen molar-refractivity contribution in [2.24, 2.45) is 0 Å². The number of hydrogen-bond acceptors (Lipinski definition) is 1. The third-order valence-corrected chi connectivity index (χ3v) is 9.35. The zero-order valence-electron chi connectivity index (χ0n) is 27.0. The first kappa shape index (κ1) is 30.6. The van der Waals surface area contributed by atoms with E-state index in [0.29, 0.717) is 0 Å². The topological polar surface area (TPSA) is 4.93 Å². The van der Waals surface area contributed by atoms with E-state index in [1.54, 1.807) is 0 Å². The second-order valence-electron chi connectivity index (χ2n) is 12.1. The molecule has 0 unspecified atom stereocenters. The molecular weight excluding hydrogens is 587 g/mol. The normalized spacial score (nSPS) is 12.2. The molecule has 7 rings (SSSR count). The number of allylic oxidation sites excluding steroid dienone is 4. The second-order valence-corrected chi connectivity index (χ2v) is 12.6. The van der Waals surface area contributed by atoms with Gasteiger partial charge in [-0.3, -0.25) is 0 Å². The Kier molecular flexibility index (Phi) is 8.95. The van der Waals surface area contributed by atoms with Crippen LogP contribution in [0.1, 0.15) is 44.2 Å². The maximum absolute atomic E-state index is 4.90. The van der Waals surface area contributed by atoms with Crippen LogP contribution in [0.4, 0.5) is 0 Å². The van der Waals surface area contributed by atoms with Gasteiger partial charge < -0.3 is 4.57 Å². The van der Waals surface area contributed by atoms with Gasteiger partial charge in [0.2, 0.25) is 0 Å². The Bertz CT molecular complexity index is 2160. The Morgan fingerprint density at radius 2 is 1.17 bits per heavy atom. The molecule has 0 atom stereocenters. The lowest BCUT2D eigenvalue weighted by atomic mass is 9.93. The van der Waals surface area contributed by atoms with E-state index < -0.39 is 0 Å². The SMILES string of the molecule is CC/C=C(/C=C(\CCC)c1ccc(-c2ccc(-n3c4ccccc4c4ccccc43)cc2)cc1)c1ccc(-c2ccccc2)c(S)c1. The van der Waals surface area contributed by atoms with Crippen LogP contribution in [0, 0.1) is 0 Å². The van der Waals surface area contributed by atoms with E-state index in [1.807, 2.05) is 0 Å². The van der Waals surface area contributed by atoms with Gasteiger partial charge in [-0.2, -0.15) is 0 Å². The van der Waals surface area contributed by atoms with Crippen molar-refractivity contribution in [2.45, 2.75) is 38.0 Å². The van der Waals surface area contributed by atoms with Crippen LogP contribution in [-0.4, -0.2) is 4.57 Å². The smallest absolute Gasteiger partial charge is 0.0541 e. The Morgan fingerprint density at radius 3 is 1.77 bits per heavy atom. The first-order valence-electron chi connectivity index (χ1n) is 16.6. The molecule has 47 heavy (non-hydrogen) atoms. The molecule has 1 heterocycles. The minimum Gasteiger partial charge on any atom is -0.309 e.